The van der Waals surface area contributed by atoms with Crippen molar-refractivity contribution in [3.8, 4) is 6.07 Å². The standard InChI is InChI=1S/C17H25N3/c1-4-13(5-2)12(3)19-17-15(11-18)10-14-8-6-7-9-16(14)20-17/h10,12-13H,4-9H2,1-3H3,(H,19,20). The van der Waals surface area contributed by atoms with Gasteiger partial charge in [-0.05, 0) is 50.2 Å². The highest BCUT2D eigenvalue weighted by Gasteiger charge is 2.18. The summed E-state index contributed by atoms with van der Waals surface area (Å²) >= 11 is 0. The number of fused-ring (bicyclic) bond motifs is 1. The van der Waals surface area contributed by atoms with Crippen molar-refractivity contribution < 1.29 is 0 Å². The monoisotopic (exact) mass is 271 g/mol. The van der Waals surface area contributed by atoms with Crippen LogP contribution >= 0.6 is 0 Å². The molecular weight excluding hydrogens is 246 g/mol. The van der Waals surface area contributed by atoms with Crippen molar-refractivity contribution in [1.29, 1.82) is 5.26 Å². The summed E-state index contributed by atoms with van der Waals surface area (Å²) in [6, 6.07) is 4.70. The number of pyridine rings is 1. The van der Waals surface area contributed by atoms with Crippen molar-refractivity contribution in [2.75, 3.05) is 5.32 Å². The third kappa shape index (κ3) is 3.12. The Labute approximate surface area is 122 Å². The molecule has 1 aromatic heterocycles. The summed E-state index contributed by atoms with van der Waals surface area (Å²) in [5.74, 6) is 1.41. The molecule has 0 aliphatic heterocycles. The van der Waals surface area contributed by atoms with E-state index in [4.69, 9.17) is 4.98 Å². The molecule has 3 heteroatoms. The number of aromatic nitrogens is 1. The highest BCUT2D eigenvalue weighted by molar-refractivity contribution is 5.55. The van der Waals surface area contributed by atoms with Gasteiger partial charge in [0.15, 0.2) is 0 Å². The van der Waals surface area contributed by atoms with E-state index < -0.39 is 0 Å². The van der Waals surface area contributed by atoms with Crippen molar-refractivity contribution in [2.45, 2.75) is 65.3 Å². The molecule has 0 bridgehead atoms. The highest BCUT2D eigenvalue weighted by atomic mass is 15.0. The van der Waals surface area contributed by atoms with Crippen molar-refractivity contribution in [1.82, 2.24) is 4.98 Å². The van der Waals surface area contributed by atoms with E-state index >= 15 is 0 Å². The summed E-state index contributed by atoms with van der Waals surface area (Å²) in [5, 5.41) is 12.8. The van der Waals surface area contributed by atoms with Crippen LogP contribution in [0.5, 0.6) is 0 Å². The lowest BCUT2D eigenvalue weighted by molar-refractivity contribution is 0.437. The quantitative estimate of drug-likeness (QED) is 0.878. The van der Waals surface area contributed by atoms with Gasteiger partial charge in [0, 0.05) is 11.7 Å². The zero-order chi connectivity index (χ0) is 14.5. The molecule has 0 saturated carbocycles. The van der Waals surface area contributed by atoms with Crippen LogP contribution < -0.4 is 5.32 Å². The van der Waals surface area contributed by atoms with E-state index in [0.717, 1.165) is 31.5 Å². The van der Waals surface area contributed by atoms with Crippen LogP contribution in [0, 0.1) is 17.2 Å². The minimum absolute atomic E-state index is 0.353. The molecule has 1 heterocycles. The number of hydrogen-bond acceptors (Lipinski definition) is 3. The van der Waals surface area contributed by atoms with Gasteiger partial charge in [-0.15, -0.1) is 0 Å². The predicted molar refractivity (Wildman–Crippen MR) is 82.8 cm³/mol. The van der Waals surface area contributed by atoms with Crippen LogP contribution in [0.15, 0.2) is 6.07 Å². The molecule has 0 fully saturated rings. The SMILES string of the molecule is CCC(CC)C(C)Nc1nc2c(cc1C#N)CCCC2. The first-order chi connectivity index (χ1) is 9.69. The number of anilines is 1. The van der Waals surface area contributed by atoms with E-state index in [1.54, 1.807) is 0 Å². The smallest absolute Gasteiger partial charge is 0.144 e. The molecule has 108 valence electrons. The van der Waals surface area contributed by atoms with Gasteiger partial charge < -0.3 is 5.32 Å². The van der Waals surface area contributed by atoms with Crippen LogP contribution in [-0.2, 0) is 12.8 Å². The van der Waals surface area contributed by atoms with E-state index in [1.807, 2.05) is 6.07 Å². The molecule has 2 rings (SSSR count). The molecule has 0 radical (unpaired) electrons. The largest absolute Gasteiger partial charge is 0.366 e. The molecule has 3 nitrogen and oxygen atoms in total. The second-order valence-electron chi connectivity index (χ2n) is 5.82. The summed E-state index contributed by atoms with van der Waals surface area (Å²) in [6.07, 6.45) is 6.85. The number of aryl methyl sites for hydroxylation is 2. The first-order valence-corrected chi connectivity index (χ1v) is 7.89. The molecule has 0 amide bonds. The lowest BCUT2D eigenvalue weighted by atomic mass is 9.93. The van der Waals surface area contributed by atoms with Gasteiger partial charge in [0.1, 0.15) is 11.9 Å². The Bertz CT molecular complexity index is 498. The van der Waals surface area contributed by atoms with Crippen LogP contribution in [0.2, 0.25) is 0 Å². The average molecular weight is 271 g/mol. The van der Waals surface area contributed by atoms with E-state index in [1.165, 1.54) is 24.1 Å². The maximum Gasteiger partial charge on any atom is 0.144 e. The van der Waals surface area contributed by atoms with Crippen LogP contribution in [0.3, 0.4) is 0 Å². The van der Waals surface area contributed by atoms with Crippen LogP contribution in [0.25, 0.3) is 0 Å². The average Bonchev–Trinajstić information content (AvgIpc) is 2.47. The molecule has 0 aromatic carbocycles. The molecule has 1 aliphatic rings. The Morgan fingerprint density at radius 3 is 2.65 bits per heavy atom. The number of nitrogens with zero attached hydrogens (tertiary/aromatic N) is 2. The Morgan fingerprint density at radius 2 is 2.00 bits per heavy atom. The van der Waals surface area contributed by atoms with E-state index in [2.05, 4.69) is 32.2 Å². The van der Waals surface area contributed by atoms with Crippen LogP contribution in [-0.4, -0.2) is 11.0 Å². The van der Waals surface area contributed by atoms with Gasteiger partial charge in [-0.25, -0.2) is 4.98 Å². The minimum Gasteiger partial charge on any atom is -0.366 e. The Hall–Kier alpha value is -1.56. The maximum atomic E-state index is 9.36. The van der Waals surface area contributed by atoms with E-state index in [9.17, 15) is 5.26 Å². The van der Waals surface area contributed by atoms with Gasteiger partial charge in [-0.1, -0.05) is 26.7 Å². The second-order valence-corrected chi connectivity index (χ2v) is 5.82. The summed E-state index contributed by atoms with van der Waals surface area (Å²) < 4.78 is 0. The van der Waals surface area contributed by atoms with Gasteiger partial charge in [0.2, 0.25) is 0 Å². The number of hydrogen-bond donors (Lipinski definition) is 1. The highest BCUT2D eigenvalue weighted by Crippen LogP contribution is 2.26. The maximum absolute atomic E-state index is 9.36. The third-order valence-electron chi connectivity index (χ3n) is 4.54. The zero-order valence-corrected chi connectivity index (χ0v) is 12.9. The van der Waals surface area contributed by atoms with Crippen molar-refractivity contribution in [3.63, 3.8) is 0 Å². The van der Waals surface area contributed by atoms with Gasteiger partial charge in [0.05, 0.1) is 5.56 Å². The molecule has 1 N–H and O–H groups in total. The van der Waals surface area contributed by atoms with Crippen molar-refractivity contribution >= 4 is 5.82 Å². The third-order valence-corrected chi connectivity index (χ3v) is 4.54. The molecular formula is C17H25N3. The lowest BCUT2D eigenvalue weighted by Gasteiger charge is -2.25. The number of nitriles is 1. The van der Waals surface area contributed by atoms with Gasteiger partial charge >= 0.3 is 0 Å². The van der Waals surface area contributed by atoms with Gasteiger partial charge in [-0.2, -0.15) is 5.26 Å². The van der Waals surface area contributed by atoms with Crippen molar-refractivity contribution in [3.05, 3.63) is 22.9 Å². The number of rotatable bonds is 5. The normalized spacial score (nSPS) is 15.6. The molecule has 0 saturated heterocycles. The zero-order valence-electron chi connectivity index (χ0n) is 12.9. The van der Waals surface area contributed by atoms with Gasteiger partial charge in [-0.3, -0.25) is 0 Å². The molecule has 20 heavy (non-hydrogen) atoms. The second kappa shape index (κ2) is 6.74. The topological polar surface area (TPSA) is 48.7 Å². The van der Waals surface area contributed by atoms with Crippen molar-refractivity contribution in [2.24, 2.45) is 5.92 Å². The Kier molecular flexibility index (Phi) is 5.00. The fourth-order valence-corrected chi connectivity index (χ4v) is 3.16. The summed E-state index contributed by atoms with van der Waals surface area (Å²) in [7, 11) is 0. The molecule has 0 spiro atoms. The molecule has 1 aliphatic carbocycles. The molecule has 1 atom stereocenters. The van der Waals surface area contributed by atoms with Gasteiger partial charge in [0.25, 0.3) is 0 Å². The predicted octanol–water partition coefficient (Wildman–Crippen LogP) is 4.07. The minimum atomic E-state index is 0.353. The van der Waals surface area contributed by atoms with E-state index in [-0.39, 0.29) is 0 Å². The fraction of sp³-hybridized carbons (Fsp3) is 0.647. The first kappa shape index (κ1) is 14.8. The van der Waals surface area contributed by atoms with E-state index in [0.29, 0.717) is 17.5 Å². The lowest BCUT2D eigenvalue weighted by Crippen LogP contribution is -2.26. The number of nitrogens with one attached hydrogen (secondary N) is 1. The summed E-state index contributed by atoms with van der Waals surface area (Å²) in [6.45, 7) is 6.63. The fourth-order valence-electron chi connectivity index (χ4n) is 3.16. The van der Waals surface area contributed by atoms with Crippen LogP contribution in [0.1, 0.15) is 63.3 Å². The Morgan fingerprint density at radius 1 is 1.30 bits per heavy atom. The van der Waals surface area contributed by atoms with Crippen LogP contribution in [0.4, 0.5) is 5.82 Å². The summed E-state index contributed by atoms with van der Waals surface area (Å²) in [5.41, 5.74) is 3.16. The molecule has 1 aromatic rings. The molecule has 1 unspecified atom stereocenters. The first-order valence-electron chi connectivity index (χ1n) is 7.89. The Balaban J connectivity index is 2.24. The summed E-state index contributed by atoms with van der Waals surface area (Å²) in [4.78, 5) is 4.74.